The van der Waals surface area contributed by atoms with Crippen molar-refractivity contribution >= 4 is 17.2 Å². The van der Waals surface area contributed by atoms with Gasteiger partial charge in [0.1, 0.15) is 0 Å². The Labute approximate surface area is 181 Å². The van der Waals surface area contributed by atoms with Crippen LogP contribution in [0, 0.1) is 0 Å². The quantitative estimate of drug-likeness (QED) is 0.536. The normalized spacial score (nSPS) is 13.2. The van der Waals surface area contributed by atoms with Crippen molar-refractivity contribution in [3.05, 3.63) is 81.5 Å². The monoisotopic (exact) mass is 422 g/mol. The first-order valence-electron chi connectivity index (χ1n) is 10.2. The second-order valence-corrected chi connectivity index (χ2v) is 8.26. The first-order chi connectivity index (χ1) is 14.7. The fourth-order valence-electron chi connectivity index (χ4n) is 3.51. The van der Waals surface area contributed by atoms with Gasteiger partial charge >= 0.3 is 0 Å². The lowest BCUT2D eigenvalue weighted by atomic mass is 10.0. The summed E-state index contributed by atoms with van der Waals surface area (Å²) in [5.74, 6) is 1.43. The lowest BCUT2D eigenvalue weighted by molar-refractivity contribution is -0.120. The van der Waals surface area contributed by atoms with E-state index in [9.17, 15) is 4.79 Å². The summed E-state index contributed by atoms with van der Waals surface area (Å²) in [5, 5.41) is 8.46. The Balaban J connectivity index is 1.35. The molecule has 6 heteroatoms. The molecule has 156 valence electrons. The molecule has 2 N–H and O–H groups in total. The second kappa shape index (κ2) is 9.78. The molecule has 0 saturated heterocycles. The van der Waals surface area contributed by atoms with Gasteiger partial charge in [-0.1, -0.05) is 49.7 Å². The minimum atomic E-state index is -0.0446. The number of rotatable bonds is 9. The molecule has 1 amide bonds. The fraction of sp³-hybridized carbons (Fsp3) is 0.292. The molecule has 0 saturated carbocycles. The lowest BCUT2D eigenvalue weighted by Crippen LogP contribution is -2.35. The second-order valence-electron chi connectivity index (χ2n) is 7.29. The fourth-order valence-corrected chi connectivity index (χ4v) is 4.34. The number of nitrogens with one attached hydrogen (secondary N) is 2. The number of fused-ring (bicyclic) bond motifs is 1. The first-order valence-corrected chi connectivity index (χ1v) is 11.1. The van der Waals surface area contributed by atoms with E-state index in [0.717, 1.165) is 29.9 Å². The number of ether oxygens (including phenoxy) is 2. The Hall–Kier alpha value is -2.83. The summed E-state index contributed by atoms with van der Waals surface area (Å²) in [6, 6.07) is 18.5. The van der Waals surface area contributed by atoms with Crippen LogP contribution in [0.4, 0.5) is 0 Å². The number of aryl methyl sites for hydroxylation is 1. The van der Waals surface area contributed by atoms with Crippen LogP contribution in [-0.4, -0.2) is 19.2 Å². The average Bonchev–Trinajstić information content (AvgIpc) is 3.45. The van der Waals surface area contributed by atoms with Crippen molar-refractivity contribution in [3.63, 3.8) is 0 Å². The molecule has 0 fully saturated rings. The molecule has 1 aliphatic rings. The minimum absolute atomic E-state index is 0.00281. The van der Waals surface area contributed by atoms with E-state index in [2.05, 4.69) is 53.3 Å². The van der Waals surface area contributed by atoms with Gasteiger partial charge in [-0.05, 0) is 46.7 Å². The van der Waals surface area contributed by atoms with Crippen LogP contribution in [0.15, 0.2) is 60.0 Å². The Morgan fingerprint density at radius 1 is 1.07 bits per heavy atom. The van der Waals surface area contributed by atoms with Crippen LogP contribution in [0.1, 0.15) is 41.0 Å². The molecule has 2 heterocycles. The van der Waals surface area contributed by atoms with Crippen molar-refractivity contribution in [2.45, 2.75) is 32.4 Å². The van der Waals surface area contributed by atoms with Crippen molar-refractivity contribution in [1.29, 1.82) is 0 Å². The molecule has 0 unspecified atom stereocenters. The summed E-state index contributed by atoms with van der Waals surface area (Å²) >= 11 is 1.69. The van der Waals surface area contributed by atoms with Crippen molar-refractivity contribution in [3.8, 4) is 11.5 Å². The highest BCUT2D eigenvalue weighted by Gasteiger charge is 2.17. The molecule has 1 aromatic heterocycles. The number of amides is 1. The van der Waals surface area contributed by atoms with Crippen LogP contribution in [0.5, 0.6) is 11.5 Å². The molecule has 0 bridgehead atoms. The summed E-state index contributed by atoms with van der Waals surface area (Å²) in [5.41, 5.74) is 3.49. The van der Waals surface area contributed by atoms with Gasteiger partial charge in [-0.15, -0.1) is 11.3 Å². The van der Waals surface area contributed by atoms with Crippen molar-refractivity contribution in [2.24, 2.45) is 0 Å². The molecule has 1 atom stereocenters. The first kappa shape index (κ1) is 20.4. The van der Waals surface area contributed by atoms with Gasteiger partial charge in [0.05, 0.1) is 12.6 Å². The van der Waals surface area contributed by atoms with Gasteiger partial charge in [0.25, 0.3) is 0 Å². The zero-order valence-electron chi connectivity index (χ0n) is 17.0. The van der Waals surface area contributed by atoms with E-state index < -0.39 is 0 Å². The van der Waals surface area contributed by atoms with Crippen LogP contribution in [0.25, 0.3) is 0 Å². The van der Waals surface area contributed by atoms with Gasteiger partial charge < -0.3 is 14.8 Å². The van der Waals surface area contributed by atoms with Crippen molar-refractivity contribution in [1.82, 2.24) is 10.6 Å². The molecule has 5 nitrogen and oxygen atoms in total. The topological polar surface area (TPSA) is 59.6 Å². The molecule has 1 aliphatic heterocycles. The Bertz CT molecular complexity index is 971. The third-order valence-electron chi connectivity index (χ3n) is 5.07. The number of hydrogen-bond acceptors (Lipinski definition) is 5. The van der Waals surface area contributed by atoms with Crippen LogP contribution >= 0.6 is 11.3 Å². The molecule has 30 heavy (non-hydrogen) atoms. The zero-order chi connectivity index (χ0) is 20.8. The molecule has 3 aromatic rings. The SMILES string of the molecule is CCCc1ccc([C@@H](NCC(=O)NCc2ccc3c(c2)OCO3)c2cccs2)cc1. The Kier molecular flexibility index (Phi) is 6.67. The van der Waals surface area contributed by atoms with Crippen molar-refractivity contribution in [2.75, 3.05) is 13.3 Å². The molecule has 0 radical (unpaired) electrons. The van der Waals surface area contributed by atoms with Gasteiger partial charge in [0.15, 0.2) is 11.5 Å². The Morgan fingerprint density at radius 2 is 1.87 bits per heavy atom. The summed E-state index contributed by atoms with van der Waals surface area (Å²) in [6.45, 7) is 3.13. The van der Waals surface area contributed by atoms with Crippen LogP contribution < -0.4 is 20.1 Å². The molecule has 0 spiro atoms. The maximum absolute atomic E-state index is 12.5. The van der Waals surface area contributed by atoms with Gasteiger partial charge in [-0.2, -0.15) is 0 Å². The van der Waals surface area contributed by atoms with E-state index in [1.807, 2.05) is 24.3 Å². The number of thiophene rings is 1. The number of carbonyl (C=O) groups excluding carboxylic acids is 1. The predicted molar refractivity (Wildman–Crippen MR) is 119 cm³/mol. The van der Waals surface area contributed by atoms with E-state index >= 15 is 0 Å². The van der Waals surface area contributed by atoms with Gasteiger partial charge in [0.2, 0.25) is 12.7 Å². The standard InChI is InChI=1S/C24H26N2O3S/c1-2-4-17-6-9-19(10-7-17)24(22-5-3-12-30-22)26-15-23(27)25-14-18-8-11-20-21(13-18)29-16-28-20/h3,5-13,24,26H,2,4,14-16H2,1H3,(H,25,27)/t24-/m1/s1. The van der Waals surface area contributed by atoms with E-state index in [-0.39, 0.29) is 25.3 Å². The summed E-state index contributed by atoms with van der Waals surface area (Å²) in [4.78, 5) is 13.7. The molecular formula is C24H26N2O3S. The number of benzene rings is 2. The third-order valence-corrected chi connectivity index (χ3v) is 6.01. The van der Waals surface area contributed by atoms with Crippen molar-refractivity contribution < 1.29 is 14.3 Å². The largest absolute Gasteiger partial charge is 0.454 e. The summed E-state index contributed by atoms with van der Waals surface area (Å²) in [7, 11) is 0. The molecular weight excluding hydrogens is 396 g/mol. The lowest BCUT2D eigenvalue weighted by Gasteiger charge is -2.18. The number of hydrogen-bond donors (Lipinski definition) is 2. The summed E-state index contributed by atoms with van der Waals surface area (Å²) < 4.78 is 10.7. The molecule has 4 rings (SSSR count). The zero-order valence-corrected chi connectivity index (χ0v) is 17.8. The molecule has 2 aromatic carbocycles. The van der Waals surface area contributed by atoms with Gasteiger partial charge in [-0.25, -0.2) is 0 Å². The van der Waals surface area contributed by atoms with Crippen LogP contribution in [-0.2, 0) is 17.8 Å². The molecule has 0 aliphatic carbocycles. The minimum Gasteiger partial charge on any atom is -0.454 e. The summed E-state index contributed by atoms with van der Waals surface area (Å²) in [6.07, 6.45) is 2.22. The highest BCUT2D eigenvalue weighted by molar-refractivity contribution is 7.10. The number of carbonyl (C=O) groups is 1. The highest BCUT2D eigenvalue weighted by atomic mass is 32.1. The van der Waals surface area contributed by atoms with Crippen LogP contribution in [0.2, 0.25) is 0 Å². The maximum atomic E-state index is 12.5. The average molecular weight is 423 g/mol. The highest BCUT2D eigenvalue weighted by Crippen LogP contribution is 2.32. The van der Waals surface area contributed by atoms with Crippen LogP contribution in [0.3, 0.4) is 0 Å². The van der Waals surface area contributed by atoms with E-state index in [4.69, 9.17) is 9.47 Å². The van der Waals surface area contributed by atoms with E-state index in [0.29, 0.717) is 6.54 Å². The maximum Gasteiger partial charge on any atom is 0.234 e. The smallest absolute Gasteiger partial charge is 0.234 e. The Morgan fingerprint density at radius 3 is 2.63 bits per heavy atom. The predicted octanol–water partition coefficient (Wildman–Crippen LogP) is 4.42. The van der Waals surface area contributed by atoms with Gasteiger partial charge in [0, 0.05) is 11.4 Å². The van der Waals surface area contributed by atoms with E-state index in [1.54, 1.807) is 11.3 Å². The third kappa shape index (κ3) is 5.01. The van der Waals surface area contributed by atoms with Gasteiger partial charge in [-0.3, -0.25) is 10.1 Å². The van der Waals surface area contributed by atoms with E-state index in [1.165, 1.54) is 16.0 Å².